The number of carbonyl (C=O) groups excluding carboxylic acids is 2. The lowest BCUT2D eigenvalue weighted by molar-refractivity contribution is -0.862. The zero-order chi connectivity index (χ0) is 19.1. The lowest BCUT2D eigenvalue weighted by Crippen LogP contribution is -3.11. The van der Waals surface area contributed by atoms with Gasteiger partial charge in [-0.1, -0.05) is 18.2 Å². The van der Waals surface area contributed by atoms with E-state index in [1.165, 1.54) is 23.5 Å². The van der Waals surface area contributed by atoms with Gasteiger partial charge < -0.3 is 15.5 Å². The third-order valence-electron chi connectivity index (χ3n) is 3.71. The molecule has 5 nitrogen and oxygen atoms in total. The van der Waals surface area contributed by atoms with Gasteiger partial charge in [-0.25, -0.2) is 4.39 Å². The Balaban J connectivity index is 2.00. The minimum Gasteiger partial charge on any atom is -0.349 e. The van der Waals surface area contributed by atoms with Crippen LogP contribution in [0.1, 0.15) is 30.3 Å². The number of hydrogen-bond donors (Lipinski definition) is 3. The second-order valence-corrected chi connectivity index (χ2v) is 7.58. The molecule has 3 N–H and O–H groups in total. The van der Waals surface area contributed by atoms with Crippen LogP contribution < -0.4 is 15.5 Å². The fourth-order valence-corrected chi connectivity index (χ4v) is 3.43. The van der Waals surface area contributed by atoms with Gasteiger partial charge in [0.1, 0.15) is 5.82 Å². The molecule has 2 atom stereocenters. The first-order valence-corrected chi connectivity index (χ1v) is 9.42. The van der Waals surface area contributed by atoms with Crippen LogP contribution in [-0.4, -0.2) is 38.0 Å². The molecular weight excluding hydrogens is 353 g/mol. The summed E-state index contributed by atoms with van der Waals surface area (Å²) in [4.78, 5) is 26.0. The Morgan fingerprint density at radius 2 is 1.69 bits per heavy atom. The lowest BCUT2D eigenvalue weighted by Gasteiger charge is -2.20. The van der Waals surface area contributed by atoms with E-state index in [-0.39, 0.29) is 42.8 Å². The van der Waals surface area contributed by atoms with Crippen molar-refractivity contribution < 1.29 is 18.9 Å². The Morgan fingerprint density at radius 1 is 1.08 bits per heavy atom. The van der Waals surface area contributed by atoms with Crippen molar-refractivity contribution in [2.45, 2.75) is 25.9 Å². The second-order valence-electron chi connectivity index (χ2n) is 6.60. The largest absolute Gasteiger partial charge is 0.349 e. The SMILES string of the molecule is CC(C)NC(=O)C[NH+](C)CC(=O)N[C@@H](c1ccc(F)cc1)c1cccs1. The van der Waals surface area contributed by atoms with Crippen LogP contribution in [0.5, 0.6) is 0 Å². The minimum atomic E-state index is -0.333. The standard InChI is InChI=1S/C19H24FN3O2S/c1-13(2)21-17(24)11-23(3)12-18(25)22-19(16-5-4-10-26-16)14-6-8-15(20)9-7-14/h4-10,13,19H,11-12H2,1-3H3,(H,21,24)(H,22,25)/p+1/t19-/m0/s1. The van der Waals surface area contributed by atoms with Gasteiger partial charge in [-0.15, -0.1) is 11.3 Å². The van der Waals surface area contributed by atoms with Crippen LogP contribution in [0, 0.1) is 5.82 Å². The Hall–Kier alpha value is -2.25. The summed E-state index contributed by atoms with van der Waals surface area (Å²) < 4.78 is 13.2. The van der Waals surface area contributed by atoms with Gasteiger partial charge in [0.05, 0.1) is 13.1 Å². The molecule has 2 aromatic rings. The molecule has 0 aliphatic rings. The minimum absolute atomic E-state index is 0.0748. The highest BCUT2D eigenvalue weighted by molar-refractivity contribution is 7.10. The van der Waals surface area contributed by atoms with Crippen LogP contribution in [-0.2, 0) is 9.59 Å². The molecule has 1 aromatic carbocycles. The zero-order valence-corrected chi connectivity index (χ0v) is 16.0. The van der Waals surface area contributed by atoms with Crippen molar-refractivity contribution in [1.82, 2.24) is 10.6 Å². The molecule has 1 unspecified atom stereocenters. The van der Waals surface area contributed by atoms with Crippen molar-refractivity contribution in [3.63, 3.8) is 0 Å². The number of amides is 2. The van der Waals surface area contributed by atoms with Gasteiger partial charge in [-0.05, 0) is 43.0 Å². The molecule has 0 bridgehead atoms. The quantitative estimate of drug-likeness (QED) is 0.645. The van der Waals surface area contributed by atoms with E-state index in [0.29, 0.717) is 0 Å². The first kappa shape index (κ1) is 20.1. The van der Waals surface area contributed by atoms with Gasteiger partial charge in [0.15, 0.2) is 13.1 Å². The molecule has 0 fully saturated rings. The van der Waals surface area contributed by atoms with E-state index in [9.17, 15) is 14.0 Å². The molecule has 7 heteroatoms. The average molecular weight is 378 g/mol. The average Bonchev–Trinajstić information content (AvgIpc) is 3.06. The maximum atomic E-state index is 13.2. The maximum Gasteiger partial charge on any atom is 0.275 e. The van der Waals surface area contributed by atoms with Crippen molar-refractivity contribution in [2.24, 2.45) is 0 Å². The normalized spacial score (nSPS) is 13.3. The molecule has 0 aliphatic carbocycles. The Kier molecular flexibility index (Phi) is 7.29. The Morgan fingerprint density at radius 3 is 2.23 bits per heavy atom. The fraction of sp³-hybridized carbons (Fsp3) is 0.368. The molecule has 0 spiro atoms. The maximum absolute atomic E-state index is 13.2. The predicted octanol–water partition coefficient (Wildman–Crippen LogP) is 1.13. The first-order chi connectivity index (χ1) is 12.3. The summed E-state index contributed by atoms with van der Waals surface area (Å²) in [7, 11) is 1.80. The van der Waals surface area contributed by atoms with Gasteiger partial charge in [-0.2, -0.15) is 0 Å². The summed E-state index contributed by atoms with van der Waals surface area (Å²) in [5.41, 5.74) is 0.817. The summed E-state index contributed by atoms with van der Waals surface area (Å²) >= 11 is 1.53. The van der Waals surface area contributed by atoms with Gasteiger partial charge in [-0.3, -0.25) is 9.59 Å². The fourth-order valence-electron chi connectivity index (χ4n) is 2.63. The van der Waals surface area contributed by atoms with Crippen molar-refractivity contribution in [3.8, 4) is 0 Å². The molecule has 1 aromatic heterocycles. The molecular formula is C19H25FN3O2S+. The van der Waals surface area contributed by atoms with E-state index in [1.54, 1.807) is 19.2 Å². The summed E-state index contributed by atoms with van der Waals surface area (Å²) in [6, 6.07) is 9.71. The number of rotatable bonds is 8. The number of hydrogen-bond acceptors (Lipinski definition) is 3. The third kappa shape index (κ3) is 6.24. The Labute approximate surface area is 157 Å². The molecule has 0 aliphatic heterocycles. The molecule has 0 radical (unpaired) electrons. The number of nitrogens with one attached hydrogen (secondary N) is 3. The highest BCUT2D eigenvalue weighted by atomic mass is 32.1. The number of benzene rings is 1. The van der Waals surface area contributed by atoms with Crippen LogP contribution in [0.3, 0.4) is 0 Å². The summed E-state index contributed by atoms with van der Waals surface area (Å²) in [5.74, 6) is -0.563. The van der Waals surface area contributed by atoms with Crippen LogP contribution in [0.4, 0.5) is 4.39 Å². The number of likely N-dealkylation sites (N-methyl/N-ethyl adjacent to an activating group) is 1. The number of thiophene rings is 1. The van der Waals surface area contributed by atoms with Crippen LogP contribution >= 0.6 is 11.3 Å². The molecule has 0 saturated heterocycles. The predicted molar refractivity (Wildman–Crippen MR) is 101 cm³/mol. The Bertz CT molecular complexity index is 717. The van der Waals surface area contributed by atoms with Gasteiger partial charge in [0, 0.05) is 10.9 Å². The van der Waals surface area contributed by atoms with Gasteiger partial charge in [0.2, 0.25) is 0 Å². The van der Waals surface area contributed by atoms with Gasteiger partial charge in [0.25, 0.3) is 11.8 Å². The van der Waals surface area contributed by atoms with Crippen molar-refractivity contribution in [1.29, 1.82) is 0 Å². The summed E-state index contributed by atoms with van der Waals surface area (Å²) in [6.07, 6.45) is 0. The van der Waals surface area contributed by atoms with Crippen LogP contribution in [0.2, 0.25) is 0 Å². The van der Waals surface area contributed by atoms with Crippen molar-refractivity contribution >= 4 is 23.2 Å². The van der Waals surface area contributed by atoms with Crippen LogP contribution in [0.15, 0.2) is 41.8 Å². The first-order valence-electron chi connectivity index (χ1n) is 8.54. The van der Waals surface area contributed by atoms with Crippen molar-refractivity contribution in [2.75, 3.05) is 20.1 Å². The third-order valence-corrected chi connectivity index (χ3v) is 4.65. The zero-order valence-electron chi connectivity index (χ0n) is 15.2. The summed E-state index contributed by atoms with van der Waals surface area (Å²) in [5, 5.41) is 7.75. The highest BCUT2D eigenvalue weighted by Gasteiger charge is 2.21. The molecule has 1 heterocycles. The molecule has 2 rings (SSSR count). The molecule has 140 valence electrons. The topological polar surface area (TPSA) is 62.6 Å². The van der Waals surface area contributed by atoms with E-state index in [2.05, 4.69) is 10.6 Å². The number of halogens is 1. The second kappa shape index (κ2) is 9.45. The number of quaternary nitrogens is 1. The monoisotopic (exact) mass is 378 g/mol. The highest BCUT2D eigenvalue weighted by Crippen LogP contribution is 2.26. The van der Waals surface area contributed by atoms with E-state index in [0.717, 1.165) is 15.3 Å². The summed E-state index contributed by atoms with van der Waals surface area (Å²) in [6.45, 7) is 4.20. The van der Waals surface area contributed by atoms with E-state index in [1.807, 2.05) is 31.4 Å². The number of carbonyl (C=O) groups is 2. The molecule has 2 amide bonds. The smallest absolute Gasteiger partial charge is 0.275 e. The molecule has 26 heavy (non-hydrogen) atoms. The van der Waals surface area contributed by atoms with E-state index in [4.69, 9.17) is 0 Å². The van der Waals surface area contributed by atoms with E-state index >= 15 is 0 Å². The van der Waals surface area contributed by atoms with Gasteiger partial charge >= 0.3 is 0 Å². The van der Waals surface area contributed by atoms with Crippen LogP contribution in [0.25, 0.3) is 0 Å². The van der Waals surface area contributed by atoms with Crippen molar-refractivity contribution in [3.05, 3.63) is 58.0 Å². The molecule has 0 saturated carbocycles. The lowest BCUT2D eigenvalue weighted by atomic mass is 10.1. The van der Waals surface area contributed by atoms with E-state index < -0.39 is 0 Å².